The Kier molecular flexibility index (Phi) is 5.28. The van der Waals surface area contributed by atoms with Gasteiger partial charge in [0.25, 0.3) is 0 Å². The first kappa shape index (κ1) is 15.4. The molecule has 0 aliphatic heterocycles. The lowest BCUT2D eigenvalue weighted by Crippen LogP contribution is -2.11. The fourth-order valence-corrected chi connectivity index (χ4v) is 2.11. The molecule has 1 aromatic heterocycles. The summed E-state index contributed by atoms with van der Waals surface area (Å²) in [6.07, 6.45) is 0.925. The highest BCUT2D eigenvalue weighted by Crippen LogP contribution is 2.27. The molecule has 0 bridgehead atoms. The van der Waals surface area contributed by atoms with Crippen LogP contribution in [0.2, 0.25) is 0 Å². The van der Waals surface area contributed by atoms with Crippen molar-refractivity contribution in [2.45, 2.75) is 33.3 Å². The van der Waals surface area contributed by atoms with Crippen LogP contribution in [0.5, 0.6) is 0 Å². The van der Waals surface area contributed by atoms with E-state index in [2.05, 4.69) is 36.3 Å². The van der Waals surface area contributed by atoms with Gasteiger partial charge >= 0.3 is 0 Å². The maximum atomic E-state index is 5.37. The predicted octanol–water partition coefficient (Wildman–Crippen LogP) is 3.98. The molecule has 0 fully saturated rings. The van der Waals surface area contributed by atoms with Crippen LogP contribution < -0.4 is 5.32 Å². The monoisotopic (exact) mass is 285 g/mol. The van der Waals surface area contributed by atoms with Gasteiger partial charge in [-0.1, -0.05) is 37.3 Å². The lowest BCUT2D eigenvalue weighted by molar-refractivity contribution is 0.112. The first-order valence-corrected chi connectivity index (χ1v) is 7.38. The number of ether oxygens (including phenoxy) is 1. The molecule has 1 atom stereocenters. The van der Waals surface area contributed by atoms with Gasteiger partial charge in [-0.3, -0.25) is 0 Å². The summed E-state index contributed by atoms with van der Waals surface area (Å²) in [5.74, 6) is 1.60. The minimum absolute atomic E-state index is 0.129. The van der Waals surface area contributed by atoms with Crippen LogP contribution in [0.1, 0.15) is 37.8 Å². The van der Waals surface area contributed by atoms with E-state index in [0.29, 0.717) is 5.82 Å². The van der Waals surface area contributed by atoms with Crippen LogP contribution >= 0.6 is 0 Å². The van der Waals surface area contributed by atoms with E-state index in [-0.39, 0.29) is 6.10 Å². The van der Waals surface area contributed by atoms with Gasteiger partial charge in [0, 0.05) is 24.8 Å². The Hall–Kier alpha value is -1.94. The summed E-state index contributed by atoms with van der Waals surface area (Å²) in [4.78, 5) is 9.33. The number of aromatic nitrogens is 2. The predicted molar refractivity (Wildman–Crippen MR) is 86.4 cm³/mol. The van der Waals surface area contributed by atoms with Crippen molar-refractivity contribution in [3.63, 3.8) is 0 Å². The zero-order chi connectivity index (χ0) is 15.2. The van der Waals surface area contributed by atoms with E-state index in [1.54, 1.807) is 7.11 Å². The van der Waals surface area contributed by atoms with Crippen molar-refractivity contribution in [2.24, 2.45) is 0 Å². The molecule has 0 radical (unpaired) electrons. The third-order valence-corrected chi connectivity index (χ3v) is 3.47. The van der Waals surface area contributed by atoms with E-state index in [0.717, 1.165) is 35.6 Å². The van der Waals surface area contributed by atoms with E-state index in [1.807, 2.05) is 25.1 Å². The Morgan fingerprint density at radius 2 is 1.90 bits per heavy atom. The van der Waals surface area contributed by atoms with Gasteiger partial charge in [-0.2, -0.15) is 0 Å². The molecular weight excluding hydrogens is 262 g/mol. The second-order valence-corrected chi connectivity index (χ2v) is 5.07. The summed E-state index contributed by atoms with van der Waals surface area (Å²) in [6, 6.07) is 10.2. The average molecular weight is 285 g/mol. The minimum Gasteiger partial charge on any atom is -0.374 e. The number of methoxy groups -OCH3 is 1. The van der Waals surface area contributed by atoms with Crippen molar-refractivity contribution in [2.75, 3.05) is 19.0 Å². The summed E-state index contributed by atoms with van der Waals surface area (Å²) in [7, 11) is 1.68. The number of nitrogens with one attached hydrogen (secondary N) is 1. The minimum atomic E-state index is -0.129. The van der Waals surface area contributed by atoms with E-state index in [9.17, 15) is 0 Å². The lowest BCUT2D eigenvalue weighted by Gasteiger charge is -2.16. The van der Waals surface area contributed by atoms with E-state index < -0.39 is 0 Å². The van der Waals surface area contributed by atoms with E-state index in [4.69, 9.17) is 9.72 Å². The zero-order valence-corrected chi connectivity index (χ0v) is 13.2. The van der Waals surface area contributed by atoms with Gasteiger partial charge in [-0.25, -0.2) is 9.97 Å². The normalized spacial score (nSPS) is 12.2. The Labute approximate surface area is 126 Å². The maximum Gasteiger partial charge on any atom is 0.159 e. The van der Waals surface area contributed by atoms with Crippen molar-refractivity contribution in [3.05, 3.63) is 41.7 Å². The highest BCUT2D eigenvalue weighted by Gasteiger charge is 2.15. The van der Waals surface area contributed by atoms with Crippen LogP contribution in [0, 0.1) is 6.92 Å². The molecular formula is C17H23N3O. The van der Waals surface area contributed by atoms with Crippen molar-refractivity contribution in [1.82, 2.24) is 9.97 Å². The summed E-state index contributed by atoms with van der Waals surface area (Å²) in [5, 5.41) is 3.39. The van der Waals surface area contributed by atoms with Crippen LogP contribution in [-0.4, -0.2) is 23.6 Å². The molecule has 0 amide bonds. The molecule has 0 aliphatic carbocycles. The van der Waals surface area contributed by atoms with Crippen molar-refractivity contribution >= 4 is 5.82 Å². The van der Waals surface area contributed by atoms with Crippen LogP contribution in [0.15, 0.2) is 30.3 Å². The summed E-state index contributed by atoms with van der Waals surface area (Å²) in [6.45, 7) is 7.05. The average Bonchev–Trinajstić information content (AvgIpc) is 2.54. The molecule has 1 aromatic carbocycles. The number of hydrogen-bond acceptors (Lipinski definition) is 4. The second kappa shape index (κ2) is 7.18. The fraction of sp³-hybridized carbons (Fsp3) is 0.412. The lowest BCUT2D eigenvalue weighted by atomic mass is 10.1. The summed E-state index contributed by atoms with van der Waals surface area (Å²) in [5.41, 5.74) is 3.13. The van der Waals surface area contributed by atoms with Gasteiger partial charge in [-0.15, -0.1) is 0 Å². The maximum absolute atomic E-state index is 5.37. The standard InChI is InChI=1S/C17H23N3O/c1-5-11-18-16-12(2)15(14-9-7-6-8-10-14)19-17(20-16)13(3)21-4/h6-10,13H,5,11H2,1-4H3,(H,18,19,20). The van der Waals surface area contributed by atoms with Crippen LogP contribution in [0.4, 0.5) is 5.82 Å². The number of anilines is 1. The van der Waals surface area contributed by atoms with Gasteiger partial charge in [-0.05, 0) is 20.3 Å². The molecule has 4 heteroatoms. The molecule has 2 aromatic rings. The number of nitrogens with zero attached hydrogens (tertiary/aromatic N) is 2. The molecule has 0 spiro atoms. The Morgan fingerprint density at radius 3 is 2.52 bits per heavy atom. The smallest absolute Gasteiger partial charge is 0.159 e. The van der Waals surface area contributed by atoms with Gasteiger partial charge in [0.2, 0.25) is 0 Å². The molecule has 1 unspecified atom stereocenters. The number of rotatable bonds is 6. The summed E-state index contributed by atoms with van der Waals surface area (Å²) >= 11 is 0. The van der Waals surface area contributed by atoms with Crippen molar-refractivity contribution in [1.29, 1.82) is 0 Å². The first-order valence-electron chi connectivity index (χ1n) is 7.38. The SMILES string of the molecule is CCCNc1nc(C(C)OC)nc(-c2ccccc2)c1C. The number of benzene rings is 1. The Bertz CT molecular complexity index is 584. The molecule has 112 valence electrons. The zero-order valence-electron chi connectivity index (χ0n) is 13.2. The largest absolute Gasteiger partial charge is 0.374 e. The molecule has 0 saturated heterocycles. The van der Waals surface area contributed by atoms with Crippen LogP contribution in [0.3, 0.4) is 0 Å². The Morgan fingerprint density at radius 1 is 1.19 bits per heavy atom. The Balaban J connectivity index is 2.52. The molecule has 0 saturated carbocycles. The van der Waals surface area contributed by atoms with Gasteiger partial charge < -0.3 is 10.1 Å². The van der Waals surface area contributed by atoms with Crippen molar-refractivity contribution < 1.29 is 4.74 Å². The molecule has 4 nitrogen and oxygen atoms in total. The highest BCUT2D eigenvalue weighted by molar-refractivity contribution is 5.68. The molecule has 21 heavy (non-hydrogen) atoms. The third kappa shape index (κ3) is 3.58. The van der Waals surface area contributed by atoms with Crippen LogP contribution in [0.25, 0.3) is 11.3 Å². The third-order valence-electron chi connectivity index (χ3n) is 3.47. The molecule has 1 heterocycles. The fourth-order valence-electron chi connectivity index (χ4n) is 2.11. The van der Waals surface area contributed by atoms with Gasteiger partial charge in [0.1, 0.15) is 11.9 Å². The molecule has 0 aliphatic rings. The highest BCUT2D eigenvalue weighted by atomic mass is 16.5. The second-order valence-electron chi connectivity index (χ2n) is 5.07. The first-order chi connectivity index (χ1) is 10.2. The molecule has 1 N–H and O–H groups in total. The summed E-state index contributed by atoms with van der Waals surface area (Å²) < 4.78 is 5.37. The van der Waals surface area contributed by atoms with E-state index >= 15 is 0 Å². The van der Waals surface area contributed by atoms with E-state index in [1.165, 1.54) is 0 Å². The topological polar surface area (TPSA) is 47.0 Å². The van der Waals surface area contributed by atoms with Crippen LogP contribution in [-0.2, 0) is 4.74 Å². The van der Waals surface area contributed by atoms with Crippen molar-refractivity contribution in [3.8, 4) is 11.3 Å². The number of hydrogen-bond donors (Lipinski definition) is 1. The van der Waals surface area contributed by atoms with Gasteiger partial charge in [0.05, 0.1) is 5.69 Å². The quantitative estimate of drug-likeness (QED) is 0.872. The van der Waals surface area contributed by atoms with Gasteiger partial charge in [0.15, 0.2) is 5.82 Å². The molecule has 2 rings (SSSR count).